The number of carbonyl (C=O) groups excluding carboxylic acids is 2. The fourth-order valence-electron chi connectivity index (χ4n) is 2.33. The molecule has 0 aromatic heterocycles. The fourth-order valence-corrected chi connectivity index (χ4v) is 2.33. The van der Waals surface area contributed by atoms with Crippen LogP contribution in [0.5, 0.6) is 11.5 Å². The monoisotopic (exact) mass is 356 g/mol. The SMILES string of the molecule is CC[C@@H](C)NC(=O)c1ccccc1NC(=O)c1cc(OC)cc(OC)c1. The van der Waals surface area contributed by atoms with Gasteiger partial charge in [-0.25, -0.2) is 0 Å². The van der Waals surface area contributed by atoms with Crippen LogP contribution in [0.3, 0.4) is 0 Å². The summed E-state index contributed by atoms with van der Waals surface area (Å²) in [6.07, 6.45) is 0.823. The molecule has 0 saturated heterocycles. The first-order valence-electron chi connectivity index (χ1n) is 8.42. The summed E-state index contributed by atoms with van der Waals surface area (Å²) in [5.41, 5.74) is 1.23. The minimum Gasteiger partial charge on any atom is -0.497 e. The van der Waals surface area contributed by atoms with E-state index >= 15 is 0 Å². The predicted molar refractivity (Wildman–Crippen MR) is 101 cm³/mol. The maximum atomic E-state index is 12.6. The molecule has 2 aromatic carbocycles. The highest BCUT2D eigenvalue weighted by molar-refractivity contribution is 6.09. The number of rotatable bonds is 7. The summed E-state index contributed by atoms with van der Waals surface area (Å²) in [5, 5.41) is 5.70. The molecule has 2 amide bonds. The third kappa shape index (κ3) is 4.75. The maximum absolute atomic E-state index is 12.6. The Morgan fingerprint density at radius 2 is 1.62 bits per heavy atom. The number of benzene rings is 2. The molecule has 0 aliphatic carbocycles. The van der Waals surface area contributed by atoms with Crippen molar-refractivity contribution in [1.82, 2.24) is 5.32 Å². The molecule has 6 heteroatoms. The van der Waals surface area contributed by atoms with E-state index in [9.17, 15) is 9.59 Å². The predicted octanol–water partition coefficient (Wildman–Crippen LogP) is 3.48. The highest BCUT2D eigenvalue weighted by Crippen LogP contribution is 2.24. The number of nitrogens with one attached hydrogen (secondary N) is 2. The van der Waals surface area contributed by atoms with Gasteiger partial charge in [-0.3, -0.25) is 9.59 Å². The average molecular weight is 356 g/mol. The van der Waals surface area contributed by atoms with E-state index in [0.29, 0.717) is 28.3 Å². The lowest BCUT2D eigenvalue weighted by atomic mass is 10.1. The van der Waals surface area contributed by atoms with E-state index in [2.05, 4.69) is 10.6 Å². The smallest absolute Gasteiger partial charge is 0.255 e. The number of hydrogen-bond donors (Lipinski definition) is 2. The summed E-state index contributed by atoms with van der Waals surface area (Å²) in [4.78, 5) is 25.1. The van der Waals surface area contributed by atoms with E-state index in [1.54, 1.807) is 42.5 Å². The molecule has 6 nitrogen and oxygen atoms in total. The number of ether oxygens (including phenoxy) is 2. The summed E-state index contributed by atoms with van der Waals surface area (Å²) in [7, 11) is 3.04. The van der Waals surface area contributed by atoms with Crippen molar-refractivity contribution in [1.29, 1.82) is 0 Å². The molecule has 0 unspecified atom stereocenters. The molecule has 0 heterocycles. The van der Waals surface area contributed by atoms with Crippen molar-refractivity contribution in [2.45, 2.75) is 26.3 Å². The van der Waals surface area contributed by atoms with E-state index in [1.165, 1.54) is 14.2 Å². The van der Waals surface area contributed by atoms with E-state index < -0.39 is 0 Å². The molecule has 2 aromatic rings. The van der Waals surface area contributed by atoms with Crippen molar-refractivity contribution < 1.29 is 19.1 Å². The lowest BCUT2D eigenvalue weighted by Crippen LogP contribution is -2.32. The van der Waals surface area contributed by atoms with Crippen molar-refractivity contribution in [3.05, 3.63) is 53.6 Å². The molecule has 2 N–H and O–H groups in total. The zero-order chi connectivity index (χ0) is 19.1. The maximum Gasteiger partial charge on any atom is 0.255 e. The molecule has 1 atom stereocenters. The minimum absolute atomic E-state index is 0.0499. The number of amides is 2. The Kier molecular flexibility index (Phi) is 6.60. The third-order valence-corrected chi connectivity index (χ3v) is 4.02. The third-order valence-electron chi connectivity index (χ3n) is 4.02. The lowest BCUT2D eigenvalue weighted by Gasteiger charge is -2.15. The molecule has 0 saturated carbocycles. The summed E-state index contributed by atoms with van der Waals surface area (Å²) in [5.74, 6) is 0.444. The van der Waals surface area contributed by atoms with Crippen LogP contribution >= 0.6 is 0 Å². The largest absolute Gasteiger partial charge is 0.497 e. The van der Waals surface area contributed by atoms with E-state index in [1.807, 2.05) is 13.8 Å². The van der Waals surface area contributed by atoms with Gasteiger partial charge in [-0.15, -0.1) is 0 Å². The molecular weight excluding hydrogens is 332 g/mol. The van der Waals surface area contributed by atoms with Crippen molar-refractivity contribution in [2.75, 3.05) is 19.5 Å². The van der Waals surface area contributed by atoms with Crippen molar-refractivity contribution in [3.63, 3.8) is 0 Å². The fraction of sp³-hybridized carbons (Fsp3) is 0.300. The standard InChI is InChI=1S/C20H24N2O4/c1-5-13(2)21-20(24)17-8-6-7-9-18(17)22-19(23)14-10-15(25-3)12-16(11-14)26-4/h6-13H,5H2,1-4H3,(H,21,24)(H,22,23)/t13-/m1/s1. The number of anilines is 1. The molecule has 0 aliphatic rings. The molecule has 0 spiro atoms. The first kappa shape index (κ1) is 19.3. The number of para-hydroxylation sites is 1. The molecule has 2 rings (SSSR count). The normalized spacial score (nSPS) is 11.4. The zero-order valence-corrected chi connectivity index (χ0v) is 15.5. The van der Waals surface area contributed by atoms with Crippen molar-refractivity contribution in [2.24, 2.45) is 0 Å². The summed E-state index contributed by atoms with van der Waals surface area (Å²) in [6.45, 7) is 3.93. The molecule has 0 radical (unpaired) electrons. The van der Waals surface area contributed by atoms with Gasteiger partial charge < -0.3 is 20.1 Å². The summed E-state index contributed by atoms with van der Waals surface area (Å²) < 4.78 is 10.4. The molecule has 26 heavy (non-hydrogen) atoms. The first-order chi connectivity index (χ1) is 12.5. The molecule has 0 aliphatic heterocycles. The first-order valence-corrected chi connectivity index (χ1v) is 8.42. The Morgan fingerprint density at radius 3 is 2.19 bits per heavy atom. The topological polar surface area (TPSA) is 76.7 Å². The quantitative estimate of drug-likeness (QED) is 0.796. The van der Waals surface area contributed by atoms with Crippen molar-refractivity contribution >= 4 is 17.5 Å². The number of methoxy groups -OCH3 is 2. The molecule has 138 valence electrons. The van der Waals surface area contributed by atoms with Gasteiger partial charge in [0, 0.05) is 17.7 Å². The van der Waals surface area contributed by atoms with Crippen LogP contribution < -0.4 is 20.1 Å². The van der Waals surface area contributed by atoms with Gasteiger partial charge in [-0.2, -0.15) is 0 Å². The lowest BCUT2D eigenvalue weighted by molar-refractivity contribution is 0.0940. The Hall–Kier alpha value is -3.02. The Morgan fingerprint density at radius 1 is 1.00 bits per heavy atom. The molecule has 0 bridgehead atoms. The second-order valence-corrected chi connectivity index (χ2v) is 5.88. The van der Waals surface area contributed by atoms with Crippen LogP contribution in [-0.4, -0.2) is 32.1 Å². The summed E-state index contributed by atoms with van der Waals surface area (Å²) in [6, 6.07) is 11.9. The van der Waals surface area contributed by atoms with E-state index in [4.69, 9.17) is 9.47 Å². The second-order valence-electron chi connectivity index (χ2n) is 5.88. The van der Waals surface area contributed by atoms with Gasteiger partial charge >= 0.3 is 0 Å². The van der Waals surface area contributed by atoms with Gasteiger partial charge in [0.15, 0.2) is 0 Å². The van der Waals surface area contributed by atoms with Crippen LogP contribution in [0.2, 0.25) is 0 Å². The minimum atomic E-state index is -0.356. The van der Waals surface area contributed by atoms with Gasteiger partial charge in [0.1, 0.15) is 11.5 Å². The zero-order valence-electron chi connectivity index (χ0n) is 15.5. The van der Waals surface area contributed by atoms with Crippen LogP contribution in [0.15, 0.2) is 42.5 Å². The molecular formula is C20H24N2O4. The van der Waals surface area contributed by atoms with Gasteiger partial charge in [0.05, 0.1) is 25.5 Å². The summed E-state index contributed by atoms with van der Waals surface area (Å²) >= 11 is 0. The van der Waals surface area contributed by atoms with Crippen LogP contribution in [0.25, 0.3) is 0 Å². The van der Waals surface area contributed by atoms with Crippen LogP contribution in [0.4, 0.5) is 5.69 Å². The van der Waals surface area contributed by atoms with Crippen LogP contribution in [-0.2, 0) is 0 Å². The van der Waals surface area contributed by atoms with E-state index in [-0.39, 0.29) is 17.9 Å². The Bertz CT molecular complexity index is 767. The van der Waals surface area contributed by atoms with Gasteiger partial charge in [-0.05, 0) is 37.6 Å². The van der Waals surface area contributed by atoms with Gasteiger partial charge in [0.25, 0.3) is 11.8 Å². The van der Waals surface area contributed by atoms with Crippen molar-refractivity contribution in [3.8, 4) is 11.5 Å². The van der Waals surface area contributed by atoms with Gasteiger partial charge in [-0.1, -0.05) is 19.1 Å². The van der Waals surface area contributed by atoms with Gasteiger partial charge in [0.2, 0.25) is 0 Å². The second kappa shape index (κ2) is 8.89. The number of hydrogen-bond acceptors (Lipinski definition) is 4. The van der Waals surface area contributed by atoms with E-state index in [0.717, 1.165) is 6.42 Å². The Balaban J connectivity index is 2.26. The Labute approximate surface area is 153 Å². The van der Waals surface area contributed by atoms with Crippen LogP contribution in [0, 0.1) is 0 Å². The van der Waals surface area contributed by atoms with Crippen LogP contribution in [0.1, 0.15) is 41.0 Å². The average Bonchev–Trinajstić information content (AvgIpc) is 2.67. The highest BCUT2D eigenvalue weighted by Gasteiger charge is 2.16. The highest BCUT2D eigenvalue weighted by atomic mass is 16.5. The molecule has 0 fully saturated rings. The number of carbonyl (C=O) groups is 2.